The van der Waals surface area contributed by atoms with Gasteiger partial charge < -0.3 is 14.8 Å². The number of ether oxygens (including phenoxy) is 2. The van der Waals surface area contributed by atoms with Crippen molar-refractivity contribution >= 4 is 17.0 Å². The molecule has 2 aromatic heterocycles. The van der Waals surface area contributed by atoms with E-state index in [9.17, 15) is 0 Å². The molecule has 4 rings (SSSR count). The molecule has 22 heavy (non-hydrogen) atoms. The van der Waals surface area contributed by atoms with Crippen LogP contribution in [0.3, 0.4) is 0 Å². The van der Waals surface area contributed by atoms with Gasteiger partial charge in [-0.2, -0.15) is 5.10 Å². The first kappa shape index (κ1) is 12.9. The monoisotopic (exact) mass is 296 g/mol. The van der Waals surface area contributed by atoms with E-state index in [2.05, 4.69) is 29.2 Å². The van der Waals surface area contributed by atoms with Gasteiger partial charge in [-0.1, -0.05) is 0 Å². The molecular weight excluding hydrogens is 280 g/mol. The predicted octanol–water partition coefficient (Wildman–Crippen LogP) is 2.86. The summed E-state index contributed by atoms with van der Waals surface area (Å²) in [6, 6.07) is 5.79. The third-order valence-corrected chi connectivity index (χ3v) is 3.88. The highest BCUT2D eigenvalue weighted by Gasteiger charge is 2.14. The van der Waals surface area contributed by atoms with Gasteiger partial charge in [0.05, 0.1) is 0 Å². The molecule has 1 aliphatic heterocycles. The van der Waals surface area contributed by atoms with Gasteiger partial charge in [0.1, 0.15) is 25.1 Å². The highest BCUT2D eigenvalue weighted by molar-refractivity contribution is 5.77. The Morgan fingerprint density at radius 2 is 1.95 bits per heavy atom. The van der Waals surface area contributed by atoms with Gasteiger partial charge in [0, 0.05) is 18.0 Å². The van der Waals surface area contributed by atoms with Crippen LogP contribution in [0.15, 0.2) is 30.7 Å². The molecule has 3 heterocycles. The molecule has 3 aromatic rings. The number of nitrogens with zero attached hydrogens (tertiary/aromatic N) is 3. The van der Waals surface area contributed by atoms with Gasteiger partial charge in [-0.3, -0.25) is 0 Å². The molecule has 6 nitrogen and oxygen atoms in total. The van der Waals surface area contributed by atoms with Crippen molar-refractivity contribution in [2.24, 2.45) is 0 Å². The smallest absolute Gasteiger partial charge is 0.163 e. The van der Waals surface area contributed by atoms with Crippen LogP contribution in [0.4, 0.5) is 11.5 Å². The van der Waals surface area contributed by atoms with E-state index in [1.54, 1.807) is 6.33 Å². The lowest BCUT2D eigenvalue weighted by molar-refractivity contribution is 0.171. The van der Waals surface area contributed by atoms with Crippen LogP contribution in [-0.4, -0.2) is 27.8 Å². The Hall–Kier alpha value is -2.76. The first-order valence-electron chi connectivity index (χ1n) is 7.18. The van der Waals surface area contributed by atoms with E-state index in [0.717, 1.165) is 28.5 Å². The van der Waals surface area contributed by atoms with E-state index >= 15 is 0 Å². The van der Waals surface area contributed by atoms with Crippen molar-refractivity contribution in [2.45, 2.75) is 13.8 Å². The standard InChI is InChI=1S/C16H16N4O2/c1-10-8-20-15(11(10)2)16(17-9-18-20)19-12-3-4-13-14(7-12)22-6-5-21-13/h3-4,7-9H,5-6H2,1-2H3,(H,17,18,19). The van der Waals surface area contributed by atoms with Crippen LogP contribution in [0.5, 0.6) is 11.5 Å². The normalized spacial score (nSPS) is 13.4. The summed E-state index contributed by atoms with van der Waals surface area (Å²) in [6.07, 6.45) is 3.55. The second-order valence-electron chi connectivity index (χ2n) is 5.32. The Kier molecular flexibility index (Phi) is 2.89. The number of hydrogen-bond acceptors (Lipinski definition) is 5. The molecule has 0 saturated heterocycles. The quantitative estimate of drug-likeness (QED) is 0.788. The van der Waals surface area contributed by atoms with Crippen LogP contribution in [0.25, 0.3) is 5.52 Å². The van der Waals surface area contributed by atoms with Gasteiger partial charge in [0.25, 0.3) is 0 Å². The van der Waals surface area contributed by atoms with E-state index in [1.165, 1.54) is 11.1 Å². The SMILES string of the molecule is Cc1cn2ncnc(Nc3ccc4c(c3)OCCO4)c2c1C. The topological polar surface area (TPSA) is 60.7 Å². The molecule has 1 aromatic carbocycles. The van der Waals surface area contributed by atoms with Gasteiger partial charge in [0.2, 0.25) is 0 Å². The summed E-state index contributed by atoms with van der Waals surface area (Å²) in [5.41, 5.74) is 4.24. The largest absolute Gasteiger partial charge is 0.486 e. The maximum Gasteiger partial charge on any atom is 0.163 e. The van der Waals surface area contributed by atoms with Crippen molar-refractivity contribution in [1.82, 2.24) is 14.6 Å². The molecular formula is C16H16N4O2. The van der Waals surface area contributed by atoms with Crippen LogP contribution in [0.2, 0.25) is 0 Å². The van der Waals surface area contributed by atoms with Crippen molar-refractivity contribution in [3.8, 4) is 11.5 Å². The summed E-state index contributed by atoms with van der Waals surface area (Å²) in [5, 5.41) is 7.60. The average Bonchev–Trinajstić information content (AvgIpc) is 2.83. The lowest BCUT2D eigenvalue weighted by atomic mass is 10.2. The summed E-state index contributed by atoms with van der Waals surface area (Å²) in [7, 11) is 0. The fourth-order valence-electron chi connectivity index (χ4n) is 2.63. The molecule has 112 valence electrons. The highest BCUT2D eigenvalue weighted by Crippen LogP contribution is 2.34. The Balaban J connectivity index is 1.75. The van der Waals surface area contributed by atoms with E-state index in [0.29, 0.717) is 13.2 Å². The predicted molar refractivity (Wildman–Crippen MR) is 83.2 cm³/mol. The summed E-state index contributed by atoms with van der Waals surface area (Å²) >= 11 is 0. The van der Waals surface area contributed by atoms with Gasteiger partial charge in [-0.15, -0.1) is 0 Å². The van der Waals surface area contributed by atoms with E-state index < -0.39 is 0 Å². The second kappa shape index (κ2) is 4.91. The molecule has 0 atom stereocenters. The molecule has 0 aliphatic carbocycles. The number of benzene rings is 1. The van der Waals surface area contributed by atoms with Crippen molar-refractivity contribution in [3.05, 3.63) is 41.9 Å². The Morgan fingerprint density at radius 1 is 1.14 bits per heavy atom. The number of anilines is 2. The first-order chi connectivity index (χ1) is 10.7. The molecule has 0 unspecified atom stereocenters. The third-order valence-electron chi connectivity index (χ3n) is 3.88. The second-order valence-corrected chi connectivity index (χ2v) is 5.32. The summed E-state index contributed by atoms with van der Waals surface area (Å²) in [6.45, 7) is 5.31. The van der Waals surface area contributed by atoms with Crippen LogP contribution in [0.1, 0.15) is 11.1 Å². The zero-order chi connectivity index (χ0) is 15.1. The number of nitrogens with one attached hydrogen (secondary N) is 1. The minimum Gasteiger partial charge on any atom is -0.486 e. The number of aromatic nitrogens is 3. The zero-order valence-electron chi connectivity index (χ0n) is 12.5. The van der Waals surface area contributed by atoms with Gasteiger partial charge in [0.15, 0.2) is 17.3 Å². The molecule has 0 amide bonds. The summed E-state index contributed by atoms with van der Waals surface area (Å²) in [5.74, 6) is 2.31. The molecule has 1 aliphatic rings. The lowest BCUT2D eigenvalue weighted by Gasteiger charge is -2.19. The molecule has 6 heteroatoms. The van der Waals surface area contributed by atoms with Crippen LogP contribution in [-0.2, 0) is 0 Å². The molecule has 0 saturated carbocycles. The number of aryl methyl sites for hydroxylation is 2. The van der Waals surface area contributed by atoms with Crippen molar-refractivity contribution in [3.63, 3.8) is 0 Å². The molecule has 0 bridgehead atoms. The number of fused-ring (bicyclic) bond motifs is 2. The van der Waals surface area contributed by atoms with Crippen molar-refractivity contribution in [2.75, 3.05) is 18.5 Å². The lowest BCUT2D eigenvalue weighted by Crippen LogP contribution is -2.15. The third kappa shape index (κ3) is 2.04. The van der Waals surface area contributed by atoms with E-state index in [-0.39, 0.29) is 0 Å². The molecule has 0 fully saturated rings. The average molecular weight is 296 g/mol. The Morgan fingerprint density at radius 3 is 2.82 bits per heavy atom. The van der Waals surface area contributed by atoms with Gasteiger partial charge in [-0.05, 0) is 37.1 Å². The first-order valence-corrected chi connectivity index (χ1v) is 7.18. The van der Waals surface area contributed by atoms with E-state index in [4.69, 9.17) is 9.47 Å². The van der Waals surface area contributed by atoms with Gasteiger partial charge >= 0.3 is 0 Å². The fourth-order valence-corrected chi connectivity index (χ4v) is 2.63. The Bertz CT molecular complexity index is 857. The maximum absolute atomic E-state index is 5.61. The summed E-state index contributed by atoms with van der Waals surface area (Å²) in [4.78, 5) is 4.37. The zero-order valence-corrected chi connectivity index (χ0v) is 12.5. The van der Waals surface area contributed by atoms with Crippen LogP contribution < -0.4 is 14.8 Å². The highest BCUT2D eigenvalue weighted by atomic mass is 16.6. The number of rotatable bonds is 2. The van der Waals surface area contributed by atoms with E-state index in [1.807, 2.05) is 28.9 Å². The minimum absolute atomic E-state index is 0.575. The fraction of sp³-hybridized carbons (Fsp3) is 0.250. The van der Waals surface area contributed by atoms with Gasteiger partial charge in [-0.25, -0.2) is 9.50 Å². The molecule has 0 spiro atoms. The minimum atomic E-state index is 0.575. The molecule has 0 radical (unpaired) electrons. The maximum atomic E-state index is 5.61. The van der Waals surface area contributed by atoms with Crippen LogP contribution in [0, 0.1) is 13.8 Å². The van der Waals surface area contributed by atoms with Crippen molar-refractivity contribution in [1.29, 1.82) is 0 Å². The van der Waals surface area contributed by atoms with Crippen molar-refractivity contribution < 1.29 is 9.47 Å². The Labute approximate surface area is 127 Å². The summed E-state index contributed by atoms with van der Waals surface area (Å²) < 4.78 is 13.0. The van der Waals surface area contributed by atoms with Crippen LogP contribution >= 0.6 is 0 Å². The molecule has 1 N–H and O–H groups in total. The number of hydrogen-bond donors (Lipinski definition) is 1.